The van der Waals surface area contributed by atoms with Gasteiger partial charge in [0.15, 0.2) is 0 Å². The molecule has 4 nitrogen and oxygen atoms in total. The van der Waals surface area contributed by atoms with Crippen molar-refractivity contribution in [3.63, 3.8) is 0 Å². The van der Waals surface area contributed by atoms with E-state index in [0.29, 0.717) is 12.6 Å². The van der Waals surface area contributed by atoms with E-state index in [-0.39, 0.29) is 0 Å². The standard InChI is InChI=1S/C8H15N3O/c1-7(2)11-6-8(5-10-11)3-4-12-9/h5-7H,3-4,9H2,1-2H3. The first-order valence-corrected chi connectivity index (χ1v) is 4.08. The van der Waals surface area contributed by atoms with Crippen LogP contribution in [0.4, 0.5) is 0 Å². The maximum absolute atomic E-state index is 4.92. The minimum atomic E-state index is 0.414. The van der Waals surface area contributed by atoms with Crippen molar-refractivity contribution in [2.75, 3.05) is 6.61 Å². The van der Waals surface area contributed by atoms with E-state index in [1.807, 2.05) is 17.1 Å². The molecule has 0 saturated heterocycles. The molecular formula is C8H15N3O. The molecule has 2 N–H and O–H groups in total. The zero-order valence-electron chi connectivity index (χ0n) is 7.53. The van der Waals surface area contributed by atoms with Crippen LogP contribution in [0.1, 0.15) is 25.5 Å². The van der Waals surface area contributed by atoms with Crippen molar-refractivity contribution < 1.29 is 4.84 Å². The number of hydrogen-bond donors (Lipinski definition) is 1. The normalized spacial score (nSPS) is 11.0. The molecule has 0 aliphatic rings. The Balaban J connectivity index is 2.52. The van der Waals surface area contributed by atoms with E-state index in [1.165, 1.54) is 0 Å². The average Bonchev–Trinajstić information content (AvgIpc) is 2.48. The van der Waals surface area contributed by atoms with Crippen LogP contribution in [0.3, 0.4) is 0 Å². The van der Waals surface area contributed by atoms with Gasteiger partial charge in [-0.25, -0.2) is 5.90 Å². The van der Waals surface area contributed by atoms with Crippen LogP contribution < -0.4 is 5.90 Å². The third-order valence-corrected chi connectivity index (χ3v) is 1.69. The van der Waals surface area contributed by atoms with Crippen molar-refractivity contribution >= 4 is 0 Å². The zero-order valence-corrected chi connectivity index (χ0v) is 7.53. The van der Waals surface area contributed by atoms with Gasteiger partial charge in [-0.1, -0.05) is 0 Å². The molecule has 0 atom stereocenters. The van der Waals surface area contributed by atoms with Crippen molar-refractivity contribution in [3.8, 4) is 0 Å². The van der Waals surface area contributed by atoms with E-state index in [0.717, 1.165) is 12.0 Å². The molecule has 12 heavy (non-hydrogen) atoms. The summed E-state index contributed by atoms with van der Waals surface area (Å²) in [5.74, 6) is 4.92. The fourth-order valence-electron chi connectivity index (χ4n) is 0.966. The Morgan fingerprint density at radius 3 is 2.92 bits per heavy atom. The summed E-state index contributed by atoms with van der Waals surface area (Å²) in [6.07, 6.45) is 4.69. The van der Waals surface area contributed by atoms with Gasteiger partial charge in [0.25, 0.3) is 0 Å². The van der Waals surface area contributed by atoms with Gasteiger partial charge in [-0.15, -0.1) is 0 Å². The van der Waals surface area contributed by atoms with E-state index in [9.17, 15) is 0 Å². The van der Waals surface area contributed by atoms with Crippen LogP contribution >= 0.6 is 0 Å². The Kier molecular flexibility index (Phi) is 3.25. The molecule has 0 bridgehead atoms. The molecule has 68 valence electrons. The van der Waals surface area contributed by atoms with Gasteiger partial charge in [0.1, 0.15) is 0 Å². The topological polar surface area (TPSA) is 53.1 Å². The van der Waals surface area contributed by atoms with E-state index < -0.39 is 0 Å². The van der Waals surface area contributed by atoms with Gasteiger partial charge in [-0.2, -0.15) is 5.10 Å². The Bertz CT molecular complexity index is 232. The van der Waals surface area contributed by atoms with Gasteiger partial charge in [-0.05, 0) is 19.4 Å². The Morgan fingerprint density at radius 2 is 2.42 bits per heavy atom. The third kappa shape index (κ3) is 2.32. The van der Waals surface area contributed by atoms with Crippen molar-refractivity contribution in [1.82, 2.24) is 9.78 Å². The molecule has 0 aliphatic carbocycles. The average molecular weight is 169 g/mol. The summed E-state index contributed by atoms with van der Waals surface area (Å²) in [6.45, 7) is 4.73. The Hall–Kier alpha value is -0.870. The number of nitrogens with two attached hydrogens (primary N) is 1. The summed E-state index contributed by atoms with van der Waals surface area (Å²) in [5.41, 5.74) is 1.16. The van der Waals surface area contributed by atoms with Crippen molar-refractivity contribution in [2.24, 2.45) is 5.90 Å². The Morgan fingerprint density at radius 1 is 1.67 bits per heavy atom. The van der Waals surface area contributed by atoms with Gasteiger partial charge < -0.3 is 4.84 Å². The lowest BCUT2D eigenvalue weighted by Gasteiger charge is -2.02. The SMILES string of the molecule is CC(C)n1cc(CCON)cn1. The van der Waals surface area contributed by atoms with Crippen molar-refractivity contribution in [1.29, 1.82) is 0 Å². The lowest BCUT2D eigenvalue weighted by Crippen LogP contribution is -2.03. The van der Waals surface area contributed by atoms with Gasteiger partial charge >= 0.3 is 0 Å². The lowest BCUT2D eigenvalue weighted by atomic mass is 10.3. The highest BCUT2D eigenvalue weighted by Gasteiger charge is 2.00. The fourth-order valence-corrected chi connectivity index (χ4v) is 0.966. The fraction of sp³-hybridized carbons (Fsp3) is 0.625. The minimum absolute atomic E-state index is 0.414. The molecule has 1 heterocycles. The smallest absolute Gasteiger partial charge is 0.0720 e. The predicted octanol–water partition coefficient (Wildman–Crippen LogP) is 0.897. The number of nitrogens with zero attached hydrogens (tertiary/aromatic N) is 2. The molecule has 1 aromatic rings. The quantitative estimate of drug-likeness (QED) is 0.681. The zero-order chi connectivity index (χ0) is 8.97. The van der Waals surface area contributed by atoms with Crippen molar-refractivity contribution in [2.45, 2.75) is 26.3 Å². The molecule has 0 amide bonds. The summed E-state index contributed by atoms with van der Waals surface area (Å²) in [6, 6.07) is 0.414. The van der Waals surface area contributed by atoms with Crippen LogP contribution in [0.25, 0.3) is 0 Å². The largest absolute Gasteiger partial charge is 0.304 e. The molecule has 0 unspecified atom stereocenters. The molecule has 0 aromatic carbocycles. The van der Waals surface area contributed by atoms with E-state index in [4.69, 9.17) is 5.90 Å². The van der Waals surface area contributed by atoms with Crippen molar-refractivity contribution in [3.05, 3.63) is 18.0 Å². The molecule has 0 fully saturated rings. The third-order valence-electron chi connectivity index (χ3n) is 1.69. The second-order valence-corrected chi connectivity index (χ2v) is 3.04. The lowest BCUT2D eigenvalue weighted by molar-refractivity contribution is 0.141. The highest BCUT2D eigenvalue weighted by atomic mass is 16.6. The van der Waals surface area contributed by atoms with E-state index in [1.54, 1.807) is 0 Å². The monoisotopic (exact) mass is 169 g/mol. The number of rotatable bonds is 4. The highest BCUT2D eigenvalue weighted by molar-refractivity contribution is 5.04. The molecular weight excluding hydrogens is 154 g/mol. The van der Waals surface area contributed by atoms with Gasteiger partial charge in [0, 0.05) is 18.7 Å². The van der Waals surface area contributed by atoms with Crippen LogP contribution in [-0.4, -0.2) is 16.4 Å². The second kappa shape index (κ2) is 4.23. The van der Waals surface area contributed by atoms with Crippen LogP contribution in [0.15, 0.2) is 12.4 Å². The molecule has 0 radical (unpaired) electrons. The summed E-state index contributed by atoms with van der Waals surface area (Å²) >= 11 is 0. The van der Waals surface area contributed by atoms with Crippen LogP contribution in [0.2, 0.25) is 0 Å². The maximum Gasteiger partial charge on any atom is 0.0720 e. The molecule has 4 heteroatoms. The first-order chi connectivity index (χ1) is 5.74. The molecule has 0 aliphatic heterocycles. The predicted molar refractivity (Wildman–Crippen MR) is 46.5 cm³/mol. The number of hydrogen-bond acceptors (Lipinski definition) is 3. The second-order valence-electron chi connectivity index (χ2n) is 3.04. The summed E-state index contributed by atoms with van der Waals surface area (Å²) in [7, 11) is 0. The van der Waals surface area contributed by atoms with Gasteiger partial charge in [-0.3, -0.25) is 4.68 Å². The van der Waals surface area contributed by atoms with Gasteiger partial charge in [0.2, 0.25) is 0 Å². The molecule has 1 rings (SSSR count). The molecule has 1 aromatic heterocycles. The molecule has 0 saturated carbocycles. The van der Waals surface area contributed by atoms with Crippen LogP contribution in [0.5, 0.6) is 0 Å². The molecule has 0 spiro atoms. The maximum atomic E-state index is 4.92. The Labute approximate surface area is 72.3 Å². The van der Waals surface area contributed by atoms with Gasteiger partial charge in [0.05, 0.1) is 12.8 Å². The first kappa shape index (κ1) is 9.22. The summed E-state index contributed by atoms with van der Waals surface area (Å²) < 4.78 is 1.92. The minimum Gasteiger partial charge on any atom is -0.304 e. The van der Waals surface area contributed by atoms with Crippen LogP contribution in [-0.2, 0) is 11.3 Å². The number of aromatic nitrogens is 2. The summed E-state index contributed by atoms with van der Waals surface area (Å²) in [5, 5.41) is 4.19. The van der Waals surface area contributed by atoms with Crippen LogP contribution in [0, 0.1) is 0 Å². The first-order valence-electron chi connectivity index (χ1n) is 4.08. The summed E-state index contributed by atoms with van der Waals surface area (Å²) in [4.78, 5) is 4.48. The van der Waals surface area contributed by atoms with E-state index >= 15 is 0 Å². The van der Waals surface area contributed by atoms with E-state index in [2.05, 4.69) is 23.8 Å². The highest BCUT2D eigenvalue weighted by Crippen LogP contribution is 2.05.